The SMILES string of the molecule is Cc1cccc2[nH]c3c(ccc4ccccc43)c(=O)c12. The van der Waals surface area contributed by atoms with Gasteiger partial charge in [-0.15, -0.1) is 0 Å². The molecule has 0 bridgehead atoms. The standard InChI is InChI=1S/C18H13NO/c1-11-5-4-8-15-16(11)18(20)14-10-9-12-6-2-3-7-13(12)17(14)19-15/h2-10H,1H3,(H,19,20). The normalized spacial score (nSPS) is 11.4. The average Bonchev–Trinajstić information content (AvgIpc) is 2.47. The van der Waals surface area contributed by atoms with Crippen molar-refractivity contribution in [2.24, 2.45) is 0 Å². The van der Waals surface area contributed by atoms with Crippen LogP contribution in [0.5, 0.6) is 0 Å². The number of aryl methyl sites for hydroxylation is 1. The summed E-state index contributed by atoms with van der Waals surface area (Å²) in [7, 11) is 0. The Morgan fingerprint density at radius 2 is 1.70 bits per heavy atom. The maximum atomic E-state index is 12.7. The van der Waals surface area contributed by atoms with Crippen molar-refractivity contribution in [3.05, 3.63) is 70.4 Å². The zero-order chi connectivity index (χ0) is 13.7. The molecule has 0 radical (unpaired) electrons. The molecule has 0 aliphatic carbocycles. The number of benzene rings is 3. The van der Waals surface area contributed by atoms with Gasteiger partial charge < -0.3 is 4.98 Å². The monoisotopic (exact) mass is 259 g/mol. The van der Waals surface area contributed by atoms with Crippen LogP contribution in [0.1, 0.15) is 5.56 Å². The number of nitrogens with one attached hydrogen (secondary N) is 1. The molecule has 4 rings (SSSR count). The van der Waals surface area contributed by atoms with Gasteiger partial charge >= 0.3 is 0 Å². The molecule has 0 atom stereocenters. The lowest BCUT2D eigenvalue weighted by atomic mass is 10.0. The highest BCUT2D eigenvalue weighted by Gasteiger charge is 2.09. The van der Waals surface area contributed by atoms with E-state index in [0.29, 0.717) is 0 Å². The van der Waals surface area contributed by atoms with E-state index in [1.54, 1.807) is 0 Å². The topological polar surface area (TPSA) is 32.9 Å². The zero-order valence-corrected chi connectivity index (χ0v) is 11.1. The molecule has 0 fully saturated rings. The smallest absolute Gasteiger partial charge is 0.197 e. The van der Waals surface area contributed by atoms with Crippen molar-refractivity contribution in [3.8, 4) is 0 Å². The fourth-order valence-corrected chi connectivity index (χ4v) is 2.94. The van der Waals surface area contributed by atoms with Crippen LogP contribution in [-0.4, -0.2) is 4.98 Å². The number of aromatic amines is 1. The Hall–Kier alpha value is -2.61. The van der Waals surface area contributed by atoms with Crippen molar-refractivity contribution in [2.75, 3.05) is 0 Å². The fraction of sp³-hybridized carbons (Fsp3) is 0.0556. The molecule has 20 heavy (non-hydrogen) atoms. The fourth-order valence-electron chi connectivity index (χ4n) is 2.94. The molecule has 3 aromatic carbocycles. The third-order valence-corrected chi connectivity index (χ3v) is 3.93. The summed E-state index contributed by atoms with van der Waals surface area (Å²) in [5.74, 6) is 0. The van der Waals surface area contributed by atoms with Crippen LogP contribution in [0.25, 0.3) is 32.6 Å². The molecule has 96 valence electrons. The van der Waals surface area contributed by atoms with Crippen LogP contribution in [0.2, 0.25) is 0 Å². The molecule has 1 N–H and O–H groups in total. The molecule has 0 saturated carbocycles. The molecule has 0 aliphatic heterocycles. The summed E-state index contributed by atoms with van der Waals surface area (Å²) in [6.07, 6.45) is 0. The van der Waals surface area contributed by atoms with Gasteiger partial charge in [0.2, 0.25) is 0 Å². The van der Waals surface area contributed by atoms with Crippen molar-refractivity contribution in [1.29, 1.82) is 0 Å². The van der Waals surface area contributed by atoms with Crippen molar-refractivity contribution < 1.29 is 0 Å². The van der Waals surface area contributed by atoms with E-state index >= 15 is 0 Å². The number of aromatic nitrogens is 1. The van der Waals surface area contributed by atoms with Crippen molar-refractivity contribution in [2.45, 2.75) is 6.92 Å². The van der Waals surface area contributed by atoms with Gasteiger partial charge in [-0.05, 0) is 30.0 Å². The minimum atomic E-state index is 0.109. The minimum absolute atomic E-state index is 0.109. The average molecular weight is 259 g/mol. The van der Waals surface area contributed by atoms with Crippen LogP contribution in [0.4, 0.5) is 0 Å². The highest BCUT2D eigenvalue weighted by Crippen LogP contribution is 2.24. The van der Waals surface area contributed by atoms with Gasteiger partial charge in [-0.25, -0.2) is 0 Å². The molecule has 4 aromatic rings. The van der Waals surface area contributed by atoms with Crippen LogP contribution in [0.15, 0.2) is 59.4 Å². The van der Waals surface area contributed by atoms with Crippen molar-refractivity contribution >= 4 is 32.6 Å². The van der Waals surface area contributed by atoms with E-state index in [-0.39, 0.29) is 5.43 Å². The van der Waals surface area contributed by atoms with Crippen molar-refractivity contribution in [3.63, 3.8) is 0 Å². The van der Waals surface area contributed by atoms with Crippen LogP contribution in [0, 0.1) is 6.92 Å². The quantitative estimate of drug-likeness (QED) is 0.373. The number of H-pyrrole nitrogens is 1. The van der Waals surface area contributed by atoms with Gasteiger partial charge in [0.05, 0.1) is 11.0 Å². The molecule has 2 nitrogen and oxygen atoms in total. The third-order valence-electron chi connectivity index (χ3n) is 3.93. The Morgan fingerprint density at radius 3 is 2.60 bits per heavy atom. The highest BCUT2D eigenvalue weighted by molar-refractivity contribution is 6.08. The largest absolute Gasteiger partial charge is 0.354 e. The Morgan fingerprint density at radius 1 is 0.850 bits per heavy atom. The first-order chi connectivity index (χ1) is 9.75. The molecule has 1 heterocycles. The summed E-state index contributed by atoms with van der Waals surface area (Å²) >= 11 is 0. The lowest BCUT2D eigenvalue weighted by Gasteiger charge is -2.07. The molecular formula is C18H13NO. The number of rotatable bonds is 0. The Bertz CT molecular complexity index is 1030. The zero-order valence-electron chi connectivity index (χ0n) is 11.1. The molecule has 2 heteroatoms. The molecule has 0 spiro atoms. The van der Waals surface area contributed by atoms with Crippen LogP contribution >= 0.6 is 0 Å². The van der Waals surface area contributed by atoms with Crippen LogP contribution < -0.4 is 5.43 Å². The number of pyridine rings is 1. The first kappa shape index (κ1) is 11.2. The maximum absolute atomic E-state index is 12.7. The summed E-state index contributed by atoms with van der Waals surface area (Å²) in [4.78, 5) is 16.2. The van der Waals surface area contributed by atoms with Gasteiger partial charge in [0, 0.05) is 16.2 Å². The predicted molar refractivity (Wildman–Crippen MR) is 84.3 cm³/mol. The van der Waals surface area contributed by atoms with Crippen molar-refractivity contribution in [1.82, 2.24) is 4.98 Å². The van der Waals surface area contributed by atoms with E-state index in [1.165, 1.54) is 0 Å². The van der Waals surface area contributed by atoms with E-state index in [2.05, 4.69) is 17.1 Å². The summed E-state index contributed by atoms with van der Waals surface area (Å²) in [6, 6.07) is 18.0. The van der Waals surface area contributed by atoms with Gasteiger partial charge in [-0.3, -0.25) is 4.79 Å². The Balaban J connectivity index is 2.35. The first-order valence-electron chi connectivity index (χ1n) is 6.69. The second kappa shape index (κ2) is 3.94. The van der Waals surface area contributed by atoms with E-state index in [9.17, 15) is 4.79 Å². The Kier molecular flexibility index (Phi) is 2.21. The second-order valence-electron chi connectivity index (χ2n) is 5.16. The molecule has 0 aliphatic rings. The minimum Gasteiger partial charge on any atom is -0.354 e. The number of fused-ring (bicyclic) bond motifs is 4. The first-order valence-corrected chi connectivity index (χ1v) is 6.69. The maximum Gasteiger partial charge on any atom is 0.197 e. The van der Waals surface area contributed by atoms with E-state index in [1.807, 2.05) is 49.4 Å². The van der Waals surface area contributed by atoms with E-state index in [4.69, 9.17) is 0 Å². The number of hydrogen-bond donors (Lipinski definition) is 1. The third kappa shape index (κ3) is 1.42. The van der Waals surface area contributed by atoms with Crippen LogP contribution in [-0.2, 0) is 0 Å². The highest BCUT2D eigenvalue weighted by atomic mass is 16.1. The molecule has 0 amide bonds. The molecule has 0 saturated heterocycles. The van der Waals surface area contributed by atoms with Gasteiger partial charge in [-0.1, -0.05) is 42.5 Å². The van der Waals surface area contributed by atoms with E-state index < -0.39 is 0 Å². The molecular weight excluding hydrogens is 246 g/mol. The summed E-state index contributed by atoms with van der Waals surface area (Å²) in [6.45, 7) is 1.98. The Labute approximate surface area is 115 Å². The van der Waals surface area contributed by atoms with Gasteiger partial charge in [0.15, 0.2) is 5.43 Å². The number of hydrogen-bond acceptors (Lipinski definition) is 1. The van der Waals surface area contributed by atoms with Gasteiger partial charge in [0.1, 0.15) is 0 Å². The second-order valence-corrected chi connectivity index (χ2v) is 5.16. The van der Waals surface area contributed by atoms with Gasteiger partial charge in [-0.2, -0.15) is 0 Å². The summed E-state index contributed by atoms with van der Waals surface area (Å²) < 4.78 is 0. The molecule has 1 aromatic heterocycles. The molecule has 0 unspecified atom stereocenters. The summed E-state index contributed by atoms with van der Waals surface area (Å²) in [5, 5.41) is 3.77. The van der Waals surface area contributed by atoms with Gasteiger partial charge in [0.25, 0.3) is 0 Å². The predicted octanol–water partition coefficient (Wildman–Crippen LogP) is 4.14. The lowest BCUT2D eigenvalue weighted by Crippen LogP contribution is -2.05. The summed E-state index contributed by atoms with van der Waals surface area (Å²) in [5.41, 5.74) is 2.95. The van der Waals surface area contributed by atoms with Crippen LogP contribution in [0.3, 0.4) is 0 Å². The lowest BCUT2D eigenvalue weighted by molar-refractivity contribution is 1.45. The van der Waals surface area contributed by atoms with E-state index in [0.717, 1.165) is 38.1 Å².